The number of alkyl halides is 2. The van der Waals surface area contributed by atoms with Gasteiger partial charge in [0.25, 0.3) is 0 Å². The van der Waals surface area contributed by atoms with Crippen molar-refractivity contribution >= 4 is 23.2 Å². The van der Waals surface area contributed by atoms with Crippen molar-refractivity contribution in [1.29, 1.82) is 0 Å². The predicted octanol–water partition coefficient (Wildman–Crippen LogP) is 3.14. The normalized spacial score (nSPS) is 15.5. The van der Waals surface area contributed by atoms with Gasteiger partial charge in [0.05, 0.1) is 10.8 Å². The fourth-order valence-corrected chi connectivity index (χ4v) is 1.93. The Hall–Kier alpha value is -0.240. The summed E-state index contributed by atoms with van der Waals surface area (Å²) in [6.07, 6.45) is 0. The zero-order chi connectivity index (χ0) is 10.6. The summed E-state index contributed by atoms with van der Waals surface area (Å²) < 4.78 is 0. The quantitative estimate of drug-likeness (QED) is 0.721. The monoisotopic (exact) mass is 231 g/mol. The summed E-state index contributed by atoms with van der Waals surface area (Å²) in [5, 5.41) is -0.186. The first-order valence-corrected chi connectivity index (χ1v) is 5.46. The van der Waals surface area contributed by atoms with Crippen molar-refractivity contribution in [2.24, 2.45) is 0 Å². The van der Waals surface area contributed by atoms with E-state index in [1.54, 1.807) is 0 Å². The molecule has 0 aliphatic carbocycles. The van der Waals surface area contributed by atoms with Crippen LogP contribution in [0, 0.1) is 0 Å². The lowest BCUT2D eigenvalue weighted by Crippen LogP contribution is -2.25. The van der Waals surface area contributed by atoms with Gasteiger partial charge in [-0.15, -0.1) is 23.2 Å². The van der Waals surface area contributed by atoms with Gasteiger partial charge < -0.3 is 4.90 Å². The van der Waals surface area contributed by atoms with E-state index in [1.807, 2.05) is 49.3 Å². The molecule has 0 amide bonds. The summed E-state index contributed by atoms with van der Waals surface area (Å²) in [4.78, 5) is 2.04. The van der Waals surface area contributed by atoms with Crippen molar-refractivity contribution in [3.05, 3.63) is 35.9 Å². The zero-order valence-electron chi connectivity index (χ0n) is 8.45. The lowest BCUT2D eigenvalue weighted by atomic mass is 10.1. The summed E-state index contributed by atoms with van der Waals surface area (Å²) >= 11 is 12.4. The molecule has 1 aromatic carbocycles. The average molecular weight is 232 g/mol. The highest BCUT2D eigenvalue weighted by Crippen LogP contribution is 2.27. The molecule has 1 nitrogen and oxygen atoms in total. The van der Waals surface area contributed by atoms with Crippen LogP contribution in [0.15, 0.2) is 30.3 Å². The van der Waals surface area contributed by atoms with E-state index < -0.39 is 0 Å². The second kappa shape index (κ2) is 5.59. The molecule has 0 aliphatic rings. The molecule has 78 valence electrons. The summed E-state index contributed by atoms with van der Waals surface area (Å²) in [5.74, 6) is 0. The van der Waals surface area contributed by atoms with Gasteiger partial charge in [0.2, 0.25) is 0 Å². The minimum absolute atomic E-state index is 0.0610. The second-order valence-corrected chi connectivity index (χ2v) is 4.62. The Balaban J connectivity index is 2.61. The highest BCUT2D eigenvalue weighted by Gasteiger charge is 2.18. The Labute approximate surface area is 95.6 Å². The largest absolute Gasteiger partial charge is 0.308 e. The SMILES string of the molecule is CN(C)CC(Cl)C(Cl)c1ccccc1. The van der Waals surface area contributed by atoms with Gasteiger partial charge >= 0.3 is 0 Å². The Morgan fingerprint density at radius 3 is 2.21 bits per heavy atom. The first kappa shape index (κ1) is 11.8. The summed E-state index contributed by atoms with van der Waals surface area (Å²) in [6, 6.07) is 9.93. The van der Waals surface area contributed by atoms with Crippen molar-refractivity contribution in [1.82, 2.24) is 4.90 Å². The molecule has 0 aliphatic heterocycles. The zero-order valence-corrected chi connectivity index (χ0v) is 9.96. The molecule has 3 heteroatoms. The fraction of sp³-hybridized carbons (Fsp3) is 0.455. The van der Waals surface area contributed by atoms with E-state index in [2.05, 4.69) is 0 Å². The number of benzene rings is 1. The van der Waals surface area contributed by atoms with Gasteiger partial charge in [0.1, 0.15) is 0 Å². The van der Waals surface area contributed by atoms with Gasteiger partial charge in [-0.25, -0.2) is 0 Å². The number of halogens is 2. The van der Waals surface area contributed by atoms with Crippen LogP contribution in [-0.4, -0.2) is 30.9 Å². The van der Waals surface area contributed by atoms with E-state index in [1.165, 1.54) is 0 Å². The average Bonchev–Trinajstić information content (AvgIpc) is 2.17. The first-order chi connectivity index (χ1) is 6.61. The minimum Gasteiger partial charge on any atom is -0.308 e. The van der Waals surface area contributed by atoms with Crippen LogP contribution in [0.4, 0.5) is 0 Å². The molecule has 0 saturated heterocycles. The molecule has 0 spiro atoms. The van der Waals surface area contributed by atoms with Gasteiger partial charge in [-0.3, -0.25) is 0 Å². The molecule has 0 saturated carbocycles. The van der Waals surface area contributed by atoms with Gasteiger partial charge in [-0.05, 0) is 19.7 Å². The maximum atomic E-state index is 6.24. The molecule has 0 radical (unpaired) electrons. The van der Waals surface area contributed by atoms with E-state index in [0.717, 1.165) is 12.1 Å². The summed E-state index contributed by atoms with van der Waals surface area (Å²) in [7, 11) is 3.98. The highest BCUT2D eigenvalue weighted by atomic mass is 35.5. The third-order valence-corrected chi connectivity index (χ3v) is 3.05. The molecule has 0 aromatic heterocycles. The van der Waals surface area contributed by atoms with Crippen LogP contribution < -0.4 is 0 Å². The fourth-order valence-electron chi connectivity index (χ4n) is 1.29. The number of hydrogen-bond donors (Lipinski definition) is 0. The number of rotatable bonds is 4. The second-order valence-electron chi connectivity index (χ2n) is 3.59. The van der Waals surface area contributed by atoms with Crippen molar-refractivity contribution < 1.29 is 0 Å². The van der Waals surface area contributed by atoms with Gasteiger partial charge in [0.15, 0.2) is 0 Å². The van der Waals surface area contributed by atoms with E-state index in [0.29, 0.717) is 0 Å². The van der Waals surface area contributed by atoms with Crippen molar-refractivity contribution in [2.45, 2.75) is 10.8 Å². The Morgan fingerprint density at radius 2 is 1.71 bits per heavy atom. The van der Waals surface area contributed by atoms with Gasteiger partial charge in [-0.2, -0.15) is 0 Å². The van der Waals surface area contributed by atoms with E-state index in [-0.39, 0.29) is 10.8 Å². The molecule has 2 unspecified atom stereocenters. The number of hydrogen-bond acceptors (Lipinski definition) is 1. The molecule has 0 heterocycles. The molecular weight excluding hydrogens is 217 g/mol. The van der Waals surface area contributed by atoms with Crippen molar-refractivity contribution in [3.63, 3.8) is 0 Å². The molecule has 1 aromatic rings. The van der Waals surface area contributed by atoms with Gasteiger partial charge in [-0.1, -0.05) is 30.3 Å². The molecule has 0 N–H and O–H groups in total. The molecule has 0 fully saturated rings. The van der Waals surface area contributed by atoms with Gasteiger partial charge in [0, 0.05) is 6.54 Å². The number of nitrogens with zero attached hydrogens (tertiary/aromatic N) is 1. The molecule has 14 heavy (non-hydrogen) atoms. The van der Waals surface area contributed by atoms with E-state index >= 15 is 0 Å². The van der Waals surface area contributed by atoms with E-state index in [9.17, 15) is 0 Å². The lowest BCUT2D eigenvalue weighted by Gasteiger charge is -2.19. The molecular formula is C11H15Cl2N. The summed E-state index contributed by atoms with van der Waals surface area (Å²) in [6.45, 7) is 0.782. The maximum absolute atomic E-state index is 6.24. The van der Waals surface area contributed by atoms with Crippen molar-refractivity contribution in [3.8, 4) is 0 Å². The molecule has 2 atom stereocenters. The third-order valence-electron chi connectivity index (χ3n) is 1.98. The molecule has 0 bridgehead atoms. The smallest absolute Gasteiger partial charge is 0.0761 e. The third kappa shape index (κ3) is 3.49. The Bertz CT molecular complexity index is 261. The lowest BCUT2D eigenvalue weighted by molar-refractivity contribution is 0.401. The Morgan fingerprint density at radius 1 is 1.14 bits per heavy atom. The Kier molecular flexibility index (Phi) is 4.73. The maximum Gasteiger partial charge on any atom is 0.0761 e. The van der Waals surface area contributed by atoms with Crippen LogP contribution in [0.1, 0.15) is 10.9 Å². The van der Waals surface area contributed by atoms with Crippen LogP contribution in [0.5, 0.6) is 0 Å². The van der Waals surface area contributed by atoms with Crippen LogP contribution in [0.2, 0.25) is 0 Å². The first-order valence-electron chi connectivity index (χ1n) is 4.59. The minimum atomic E-state index is -0.125. The van der Waals surface area contributed by atoms with E-state index in [4.69, 9.17) is 23.2 Å². The van der Waals surface area contributed by atoms with Crippen LogP contribution in [0.25, 0.3) is 0 Å². The van der Waals surface area contributed by atoms with Crippen LogP contribution in [0.3, 0.4) is 0 Å². The van der Waals surface area contributed by atoms with Crippen molar-refractivity contribution in [2.75, 3.05) is 20.6 Å². The van der Waals surface area contributed by atoms with Crippen LogP contribution >= 0.6 is 23.2 Å². The van der Waals surface area contributed by atoms with Crippen LogP contribution in [-0.2, 0) is 0 Å². The topological polar surface area (TPSA) is 3.24 Å². The summed E-state index contributed by atoms with van der Waals surface area (Å²) in [5.41, 5.74) is 1.08. The molecule has 1 rings (SSSR count). The highest BCUT2D eigenvalue weighted by molar-refractivity contribution is 6.30. The standard InChI is InChI=1S/C11H15Cl2N/c1-14(2)8-10(12)11(13)9-6-4-3-5-7-9/h3-7,10-11H,8H2,1-2H3. The predicted molar refractivity (Wildman–Crippen MR) is 63.2 cm³/mol.